The second-order valence-electron chi connectivity index (χ2n) is 15.6. The van der Waals surface area contributed by atoms with Gasteiger partial charge in [-0.3, -0.25) is 9.59 Å². The summed E-state index contributed by atoms with van der Waals surface area (Å²) >= 11 is 0. The van der Waals surface area contributed by atoms with Crippen LogP contribution in [0.5, 0.6) is 0 Å². The molecule has 4 rings (SSSR count). The molecular weight excluding hydrogens is 686 g/mol. The smallest absolute Gasteiger partial charge is 0.407 e. The molecule has 0 saturated heterocycles. The predicted octanol–water partition coefficient (Wildman–Crippen LogP) is 7.18. The Morgan fingerprint density at radius 3 is 1.80 bits per heavy atom. The molecule has 0 aliphatic heterocycles. The summed E-state index contributed by atoms with van der Waals surface area (Å²) in [6.07, 6.45) is -0.369. The maximum Gasteiger partial charge on any atom is 0.407 e. The molecule has 11 heteroatoms. The van der Waals surface area contributed by atoms with Gasteiger partial charge < -0.3 is 24.9 Å². The second kappa shape index (κ2) is 18.2. The summed E-state index contributed by atoms with van der Waals surface area (Å²) in [5.41, 5.74) is 3.96. The molecule has 1 aliphatic carbocycles. The Balaban J connectivity index is 1.57. The van der Waals surface area contributed by atoms with Gasteiger partial charge in [0.15, 0.2) is 6.04 Å². The molecule has 0 bridgehead atoms. The van der Waals surface area contributed by atoms with Crippen LogP contribution in [0, 0.1) is 23.2 Å². The molecule has 290 valence electrons. The topological polar surface area (TPSA) is 140 Å². The Morgan fingerprint density at radius 1 is 0.722 bits per heavy atom. The van der Waals surface area contributed by atoms with Crippen LogP contribution in [-0.2, 0) is 40.1 Å². The lowest BCUT2D eigenvalue weighted by Gasteiger charge is -2.37. The number of esters is 1. The fourth-order valence-corrected chi connectivity index (χ4v) is 6.29. The largest absolute Gasteiger partial charge is 0.459 e. The lowest BCUT2D eigenvalue weighted by molar-refractivity contribution is -0.219. The van der Waals surface area contributed by atoms with E-state index in [1.165, 1.54) is 0 Å². The van der Waals surface area contributed by atoms with E-state index in [9.17, 15) is 24.0 Å². The fourth-order valence-electron chi connectivity index (χ4n) is 6.29. The van der Waals surface area contributed by atoms with E-state index in [4.69, 9.17) is 14.3 Å². The van der Waals surface area contributed by atoms with Gasteiger partial charge in [-0.15, -0.1) is 0 Å². The van der Waals surface area contributed by atoms with E-state index in [0.717, 1.165) is 32.9 Å². The number of hydrogen-bond acceptors (Lipinski definition) is 8. The summed E-state index contributed by atoms with van der Waals surface area (Å²) in [4.78, 5) is 74.7. The van der Waals surface area contributed by atoms with Gasteiger partial charge in [-0.1, -0.05) is 127 Å². The first kappa shape index (κ1) is 41.6. The van der Waals surface area contributed by atoms with E-state index >= 15 is 0 Å². The van der Waals surface area contributed by atoms with Gasteiger partial charge in [-0.05, 0) is 66.3 Å². The SMILES string of the molecule is CC[C@H](C)[C@H](NC(=O)OCC1c2ccccc2-c2ccccc21)C(=O)N(OC(=O)C(C)(C)C)[C@@H](C(=O)N[C@H](C(=O)OCc1ccccc1)C(C)C)C(C)C. The number of benzene rings is 3. The molecule has 0 heterocycles. The normalized spacial score (nSPS) is 14.6. The molecule has 3 aromatic rings. The molecule has 0 aromatic heterocycles. The number of fused-ring (bicyclic) bond motifs is 3. The maximum absolute atomic E-state index is 14.6. The van der Waals surface area contributed by atoms with Gasteiger partial charge in [0.2, 0.25) is 5.91 Å². The fraction of sp³-hybridized carbons (Fsp3) is 0.465. The molecule has 0 unspecified atom stereocenters. The summed E-state index contributed by atoms with van der Waals surface area (Å²) in [6, 6.07) is 21.4. The van der Waals surface area contributed by atoms with Gasteiger partial charge in [-0.25, -0.2) is 14.4 Å². The van der Waals surface area contributed by atoms with Gasteiger partial charge in [0, 0.05) is 5.92 Å². The van der Waals surface area contributed by atoms with E-state index in [1.807, 2.05) is 85.8 Å². The predicted molar refractivity (Wildman–Crippen MR) is 205 cm³/mol. The van der Waals surface area contributed by atoms with Crippen LogP contribution < -0.4 is 10.6 Å². The highest BCUT2D eigenvalue weighted by Crippen LogP contribution is 2.44. The number of hydroxylamine groups is 2. The molecule has 11 nitrogen and oxygen atoms in total. The number of hydrogen-bond donors (Lipinski definition) is 2. The Labute approximate surface area is 319 Å². The molecule has 54 heavy (non-hydrogen) atoms. The van der Waals surface area contributed by atoms with Crippen molar-refractivity contribution in [3.63, 3.8) is 0 Å². The first-order valence-electron chi connectivity index (χ1n) is 18.7. The van der Waals surface area contributed by atoms with Crippen molar-refractivity contribution >= 4 is 29.8 Å². The van der Waals surface area contributed by atoms with Crippen molar-refractivity contribution in [1.82, 2.24) is 15.7 Å². The van der Waals surface area contributed by atoms with Crippen LogP contribution in [0.25, 0.3) is 11.1 Å². The zero-order chi connectivity index (χ0) is 39.7. The number of carbonyl (C=O) groups is 5. The molecule has 3 amide bonds. The van der Waals surface area contributed by atoms with E-state index in [1.54, 1.807) is 55.4 Å². The van der Waals surface area contributed by atoms with E-state index < -0.39 is 65.2 Å². The summed E-state index contributed by atoms with van der Waals surface area (Å²) in [5.74, 6) is -4.58. The van der Waals surface area contributed by atoms with E-state index in [-0.39, 0.29) is 25.0 Å². The Bertz CT molecular complexity index is 1740. The minimum atomic E-state index is -1.37. The third-order valence-electron chi connectivity index (χ3n) is 9.70. The standard InChI is InChI=1S/C43H55N3O8/c1-10-28(6)36(45-42(51)53-25-34-32-22-16-14-20-30(32)31-21-15-17-23-33(31)34)39(48)46(54-41(50)43(7,8)9)37(27(4)5)38(47)44-35(26(2)3)40(49)52-24-29-18-12-11-13-19-29/h11-23,26-28,34-37H,10,24-25H2,1-9H3,(H,44,47)(H,45,51)/t28-,35-,36-,37+/m0/s1. The highest BCUT2D eigenvalue weighted by molar-refractivity contribution is 5.94. The van der Waals surface area contributed by atoms with Crippen LogP contribution in [-0.4, -0.2) is 59.6 Å². The first-order chi connectivity index (χ1) is 25.5. The summed E-state index contributed by atoms with van der Waals surface area (Å²) in [7, 11) is 0. The molecule has 0 radical (unpaired) electrons. The second-order valence-corrected chi connectivity index (χ2v) is 15.6. The number of carbonyl (C=O) groups excluding carboxylic acids is 5. The van der Waals surface area contributed by atoms with Crippen LogP contribution >= 0.6 is 0 Å². The molecule has 3 aromatic carbocycles. The zero-order valence-electron chi connectivity index (χ0n) is 32.9. The van der Waals surface area contributed by atoms with E-state index in [2.05, 4.69) is 10.6 Å². The first-order valence-corrected chi connectivity index (χ1v) is 18.7. The quantitative estimate of drug-likeness (QED) is 0.131. The monoisotopic (exact) mass is 741 g/mol. The lowest BCUT2D eigenvalue weighted by Crippen LogP contribution is -2.61. The Kier molecular flexibility index (Phi) is 14.0. The maximum atomic E-state index is 14.6. The molecule has 4 atom stereocenters. The van der Waals surface area contributed by atoms with Crippen LogP contribution in [0.2, 0.25) is 0 Å². The summed E-state index contributed by atoms with van der Waals surface area (Å²) in [5, 5.41) is 6.25. The van der Waals surface area contributed by atoms with Gasteiger partial charge in [0.05, 0.1) is 5.41 Å². The van der Waals surface area contributed by atoms with Crippen LogP contribution in [0.4, 0.5) is 4.79 Å². The number of amides is 3. The van der Waals surface area contributed by atoms with Crippen molar-refractivity contribution in [1.29, 1.82) is 0 Å². The van der Waals surface area contributed by atoms with Crippen molar-refractivity contribution in [2.75, 3.05) is 6.61 Å². The van der Waals surface area contributed by atoms with Gasteiger partial charge in [0.25, 0.3) is 5.91 Å². The summed E-state index contributed by atoms with van der Waals surface area (Å²) in [6.45, 7) is 15.5. The molecule has 1 aliphatic rings. The molecule has 2 N–H and O–H groups in total. The van der Waals surface area contributed by atoms with E-state index in [0.29, 0.717) is 6.42 Å². The third kappa shape index (κ3) is 10.1. The molecule has 0 fully saturated rings. The Morgan fingerprint density at radius 2 is 1.28 bits per heavy atom. The summed E-state index contributed by atoms with van der Waals surface area (Å²) < 4.78 is 11.3. The van der Waals surface area contributed by atoms with Gasteiger partial charge in [0.1, 0.15) is 25.3 Å². The molecule has 0 saturated carbocycles. The van der Waals surface area contributed by atoms with Crippen molar-refractivity contribution in [3.8, 4) is 11.1 Å². The number of nitrogens with one attached hydrogen (secondary N) is 2. The number of alkyl carbamates (subject to hydrolysis) is 1. The zero-order valence-corrected chi connectivity index (χ0v) is 32.9. The van der Waals surface area contributed by atoms with Gasteiger partial charge in [-0.2, -0.15) is 5.06 Å². The average molecular weight is 742 g/mol. The van der Waals surface area contributed by atoms with Crippen LogP contribution in [0.15, 0.2) is 78.9 Å². The highest BCUT2D eigenvalue weighted by atomic mass is 16.7. The minimum absolute atomic E-state index is 0.0122. The average Bonchev–Trinajstić information content (AvgIpc) is 3.46. The van der Waals surface area contributed by atoms with Crippen LogP contribution in [0.1, 0.15) is 91.3 Å². The lowest BCUT2D eigenvalue weighted by atomic mass is 9.95. The van der Waals surface area contributed by atoms with Crippen molar-refractivity contribution in [3.05, 3.63) is 95.6 Å². The number of nitrogens with zero attached hydrogens (tertiary/aromatic N) is 1. The third-order valence-corrected chi connectivity index (χ3v) is 9.70. The van der Waals surface area contributed by atoms with Gasteiger partial charge >= 0.3 is 18.0 Å². The number of rotatable bonds is 14. The molecule has 0 spiro atoms. The van der Waals surface area contributed by atoms with Crippen molar-refractivity contribution in [2.24, 2.45) is 23.2 Å². The highest BCUT2D eigenvalue weighted by Gasteiger charge is 2.44. The minimum Gasteiger partial charge on any atom is -0.459 e. The number of ether oxygens (including phenoxy) is 2. The van der Waals surface area contributed by atoms with Crippen LogP contribution in [0.3, 0.4) is 0 Å². The van der Waals surface area contributed by atoms with Crippen molar-refractivity contribution in [2.45, 2.75) is 99.4 Å². The molecular formula is C43H55N3O8. The Hall–Kier alpha value is -5.19. The van der Waals surface area contributed by atoms with Crippen molar-refractivity contribution < 1.29 is 38.3 Å².